The zero-order chi connectivity index (χ0) is 24.2. The molecule has 4 rings (SSSR count). The molecular formula is C27H24ClN3O3. The smallest absolute Gasteiger partial charge is 0.283 e. The number of amides is 3. The molecule has 1 aliphatic heterocycles. The first kappa shape index (κ1) is 23.3. The Bertz CT molecular complexity index is 1270. The van der Waals surface area contributed by atoms with E-state index in [0.29, 0.717) is 23.4 Å². The van der Waals surface area contributed by atoms with Gasteiger partial charge in [-0.25, -0.2) is 4.90 Å². The number of halogens is 1. The molecular weight excluding hydrogens is 450 g/mol. The summed E-state index contributed by atoms with van der Waals surface area (Å²) in [6.45, 7) is 3.87. The number of anilines is 2. The normalized spacial score (nSPS) is 14.4. The van der Waals surface area contributed by atoms with Gasteiger partial charge in [-0.2, -0.15) is 0 Å². The Morgan fingerprint density at radius 1 is 0.912 bits per heavy atom. The van der Waals surface area contributed by atoms with E-state index in [0.717, 1.165) is 16.0 Å². The van der Waals surface area contributed by atoms with Gasteiger partial charge in [-0.3, -0.25) is 14.4 Å². The first-order valence-corrected chi connectivity index (χ1v) is 11.4. The van der Waals surface area contributed by atoms with Crippen molar-refractivity contribution in [3.05, 3.63) is 106 Å². The van der Waals surface area contributed by atoms with Crippen LogP contribution in [0.3, 0.4) is 0 Å². The second kappa shape index (κ2) is 9.93. The molecule has 1 unspecified atom stereocenters. The van der Waals surface area contributed by atoms with Gasteiger partial charge in [0.2, 0.25) is 0 Å². The minimum atomic E-state index is -0.569. The zero-order valence-corrected chi connectivity index (χ0v) is 19.6. The van der Waals surface area contributed by atoms with Crippen LogP contribution in [0.25, 0.3) is 0 Å². The lowest BCUT2D eigenvalue weighted by molar-refractivity contribution is -0.120. The van der Waals surface area contributed by atoms with E-state index in [4.69, 9.17) is 11.6 Å². The Balaban J connectivity index is 1.47. The molecule has 1 aliphatic rings. The number of para-hydroxylation sites is 1. The maximum atomic E-state index is 13.1. The number of rotatable bonds is 7. The van der Waals surface area contributed by atoms with Crippen LogP contribution in [0.15, 0.2) is 89.6 Å². The molecule has 7 heteroatoms. The molecule has 3 amide bonds. The Labute approximate surface area is 203 Å². The van der Waals surface area contributed by atoms with Gasteiger partial charge in [0.15, 0.2) is 0 Å². The van der Waals surface area contributed by atoms with E-state index in [1.54, 1.807) is 36.4 Å². The van der Waals surface area contributed by atoms with Crippen molar-refractivity contribution >= 4 is 40.7 Å². The molecule has 0 saturated carbocycles. The highest BCUT2D eigenvalue weighted by molar-refractivity contribution is 6.53. The molecule has 0 aliphatic carbocycles. The Morgan fingerprint density at radius 2 is 1.56 bits per heavy atom. The SMILES string of the molecule is CCc1ccccc1N1C(=O)C(Cl)=C(Nc2ccc(C(=O)NC(C)c3ccccc3)cc2)C1=O. The molecule has 0 bridgehead atoms. The Morgan fingerprint density at radius 3 is 2.24 bits per heavy atom. The average Bonchev–Trinajstić information content (AvgIpc) is 3.07. The molecule has 0 aromatic heterocycles. The first-order chi connectivity index (χ1) is 16.4. The average molecular weight is 474 g/mol. The van der Waals surface area contributed by atoms with Crippen LogP contribution in [0.5, 0.6) is 0 Å². The highest BCUT2D eigenvalue weighted by atomic mass is 35.5. The standard InChI is InChI=1S/C27H24ClN3O3/c1-3-18-9-7-8-12-22(18)31-26(33)23(28)24(27(31)34)30-21-15-13-20(14-16-21)25(32)29-17(2)19-10-5-4-6-11-19/h4-17,30H,3H2,1-2H3,(H,29,32). The molecule has 0 saturated heterocycles. The van der Waals surface area contributed by atoms with Gasteiger partial charge in [-0.1, -0.05) is 67.1 Å². The van der Waals surface area contributed by atoms with E-state index in [-0.39, 0.29) is 22.7 Å². The van der Waals surface area contributed by atoms with Crippen molar-refractivity contribution in [3.8, 4) is 0 Å². The number of nitrogens with one attached hydrogen (secondary N) is 2. The van der Waals surface area contributed by atoms with Crippen LogP contribution >= 0.6 is 11.6 Å². The number of aryl methyl sites for hydroxylation is 1. The van der Waals surface area contributed by atoms with E-state index in [9.17, 15) is 14.4 Å². The molecule has 0 spiro atoms. The third-order valence-corrected chi connectivity index (χ3v) is 6.05. The number of hydrogen-bond acceptors (Lipinski definition) is 4. The van der Waals surface area contributed by atoms with Crippen LogP contribution in [-0.2, 0) is 16.0 Å². The number of imide groups is 1. The zero-order valence-electron chi connectivity index (χ0n) is 18.8. The van der Waals surface area contributed by atoms with E-state index in [1.165, 1.54) is 0 Å². The fraction of sp³-hybridized carbons (Fsp3) is 0.148. The highest BCUT2D eigenvalue weighted by Gasteiger charge is 2.39. The number of carbonyl (C=O) groups is 3. The summed E-state index contributed by atoms with van der Waals surface area (Å²) < 4.78 is 0. The van der Waals surface area contributed by atoms with Crippen molar-refractivity contribution in [2.75, 3.05) is 10.2 Å². The summed E-state index contributed by atoms with van der Waals surface area (Å²) in [6.07, 6.45) is 0.667. The second-order valence-corrected chi connectivity index (χ2v) is 8.30. The Kier molecular flexibility index (Phi) is 6.80. The lowest BCUT2D eigenvalue weighted by atomic mass is 10.1. The maximum Gasteiger partial charge on any atom is 0.283 e. The summed E-state index contributed by atoms with van der Waals surface area (Å²) in [6, 6.07) is 23.4. The summed E-state index contributed by atoms with van der Waals surface area (Å²) in [5.41, 5.74) is 3.42. The topological polar surface area (TPSA) is 78.5 Å². The lowest BCUT2D eigenvalue weighted by Gasteiger charge is -2.18. The monoisotopic (exact) mass is 473 g/mol. The minimum Gasteiger partial charge on any atom is -0.350 e. The fourth-order valence-electron chi connectivity index (χ4n) is 3.81. The van der Waals surface area contributed by atoms with Gasteiger partial charge < -0.3 is 10.6 Å². The van der Waals surface area contributed by atoms with Crippen LogP contribution in [0.2, 0.25) is 0 Å². The number of nitrogens with zero attached hydrogens (tertiary/aromatic N) is 1. The van der Waals surface area contributed by atoms with Gasteiger partial charge in [-0.15, -0.1) is 0 Å². The molecule has 2 N–H and O–H groups in total. The molecule has 34 heavy (non-hydrogen) atoms. The highest BCUT2D eigenvalue weighted by Crippen LogP contribution is 2.32. The van der Waals surface area contributed by atoms with Crippen LogP contribution in [0.4, 0.5) is 11.4 Å². The van der Waals surface area contributed by atoms with E-state index < -0.39 is 11.8 Å². The first-order valence-electron chi connectivity index (χ1n) is 11.0. The molecule has 3 aromatic carbocycles. The van der Waals surface area contributed by atoms with Crippen molar-refractivity contribution in [1.29, 1.82) is 0 Å². The van der Waals surface area contributed by atoms with Crippen molar-refractivity contribution in [1.82, 2.24) is 5.32 Å². The molecule has 172 valence electrons. The van der Waals surface area contributed by atoms with E-state index in [2.05, 4.69) is 10.6 Å². The summed E-state index contributed by atoms with van der Waals surface area (Å²) in [5, 5.41) is 5.74. The van der Waals surface area contributed by atoms with E-state index in [1.807, 2.05) is 56.3 Å². The largest absolute Gasteiger partial charge is 0.350 e. The van der Waals surface area contributed by atoms with Crippen LogP contribution < -0.4 is 15.5 Å². The fourth-order valence-corrected chi connectivity index (χ4v) is 4.02. The summed E-state index contributed by atoms with van der Waals surface area (Å²) in [4.78, 5) is 39.6. The summed E-state index contributed by atoms with van der Waals surface area (Å²) in [7, 11) is 0. The van der Waals surface area contributed by atoms with Gasteiger partial charge in [0.1, 0.15) is 10.7 Å². The number of carbonyl (C=O) groups excluding carboxylic acids is 3. The van der Waals surface area contributed by atoms with Gasteiger partial charge in [0.25, 0.3) is 17.7 Å². The van der Waals surface area contributed by atoms with Crippen molar-refractivity contribution in [3.63, 3.8) is 0 Å². The van der Waals surface area contributed by atoms with Gasteiger partial charge in [-0.05, 0) is 54.8 Å². The maximum absolute atomic E-state index is 13.1. The summed E-state index contributed by atoms with van der Waals surface area (Å²) in [5.74, 6) is -1.30. The molecule has 0 fully saturated rings. The van der Waals surface area contributed by atoms with Crippen molar-refractivity contribution < 1.29 is 14.4 Å². The van der Waals surface area contributed by atoms with Crippen LogP contribution in [0.1, 0.15) is 41.4 Å². The molecule has 1 atom stereocenters. The second-order valence-electron chi connectivity index (χ2n) is 7.93. The Hall–Kier alpha value is -3.90. The number of benzene rings is 3. The van der Waals surface area contributed by atoms with Crippen molar-refractivity contribution in [2.24, 2.45) is 0 Å². The van der Waals surface area contributed by atoms with E-state index >= 15 is 0 Å². The van der Waals surface area contributed by atoms with Gasteiger partial charge in [0.05, 0.1) is 11.7 Å². The predicted molar refractivity (Wildman–Crippen MR) is 134 cm³/mol. The van der Waals surface area contributed by atoms with Crippen LogP contribution in [-0.4, -0.2) is 17.7 Å². The lowest BCUT2D eigenvalue weighted by Crippen LogP contribution is -2.33. The molecule has 6 nitrogen and oxygen atoms in total. The molecule has 3 aromatic rings. The van der Waals surface area contributed by atoms with Gasteiger partial charge in [0, 0.05) is 11.3 Å². The quantitative estimate of drug-likeness (QED) is 0.464. The van der Waals surface area contributed by atoms with Gasteiger partial charge >= 0.3 is 0 Å². The third kappa shape index (κ3) is 4.58. The minimum absolute atomic E-state index is 0.00692. The molecule has 0 radical (unpaired) electrons. The summed E-state index contributed by atoms with van der Waals surface area (Å²) >= 11 is 6.25. The van der Waals surface area contributed by atoms with Crippen LogP contribution in [0, 0.1) is 0 Å². The number of hydrogen-bond donors (Lipinski definition) is 2. The third-order valence-electron chi connectivity index (χ3n) is 5.70. The molecule has 1 heterocycles. The van der Waals surface area contributed by atoms with Crippen molar-refractivity contribution in [2.45, 2.75) is 26.3 Å². The predicted octanol–water partition coefficient (Wildman–Crippen LogP) is 5.18.